The smallest absolute Gasteiger partial charge is 0.306 e. The second kappa shape index (κ2) is 40.6. The second-order valence-electron chi connectivity index (χ2n) is 13.5. The van der Waals surface area contributed by atoms with Crippen LogP contribution in [-0.2, 0) is 28.6 Å². The number of carbonyl (C=O) groups is 3. The normalized spacial score (nSPS) is 12.8. The van der Waals surface area contributed by atoms with Crippen molar-refractivity contribution in [1.29, 1.82) is 0 Å². The van der Waals surface area contributed by atoms with Gasteiger partial charge >= 0.3 is 17.9 Å². The molecular weight excluding hydrogens is 649 g/mol. The predicted octanol–water partition coefficient (Wildman–Crippen LogP) is 13.1. The summed E-state index contributed by atoms with van der Waals surface area (Å²) in [5.74, 6) is -1.02. The van der Waals surface area contributed by atoms with E-state index in [0.717, 1.165) is 89.9 Å². The van der Waals surface area contributed by atoms with Crippen LogP contribution in [0.5, 0.6) is 0 Å². The van der Waals surface area contributed by atoms with E-state index < -0.39 is 6.10 Å². The van der Waals surface area contributed by atoms with Gasteiger partial charge in [0.25, 0.3) is 0 Å². The highest BCUT2D eigenvalue weighted by molar-refractivity contribution is 5.71. The molecule has 0 aromatic heterocycles. The topological polar surface area (TPSA) is 78.9 Å². The Hall–Kier alpha value is -3.15. The molecule has 1 atom stereocenters. The second-order valence-corrected chi connectivity index (χ2v) is 13.5. The van der Waals surface area contributed by atoms with Crippen molar-refractivity contribution >= 4 is 17.9 Å². The Kier molecular flexibility index (Phi) is 38.2. The molecule has 6 heteroatoms. The van der Waals surface area contributed by atoms with E-state index in [0.29, 0.717) is 19.3 Å². The Morgan fingerprint density at radius 1 is 0.423 bits per heavy atom. The molecule has 0 heterocycles. The van der Waals surface area contributed by atoms with E-state index in [4.69, 9.17) is 14.2 Å². The van der Waals surface area contributed by atoms with Crippen molar-refractivity contribution in [3.8, 4) is 0 Å². The van der Waals surface area contributed by atoms with E-state index in [1.165, 1.54) is 44.9 Å². The van der Waals surface area contributed by atoms with Crippen LogP contribution < -0.4 is 0 Å². The highest BCUT2D eigenvalue weighted by Gasteiger charge is 2.19. The molecule has 0 aromatic rings. The lowest BCUT2D eigenvalue weighted by Gasteiger charge is -2.18. The highest BCUT2D eigenvalue weighted by atomic mass is 16.6. The quantitative estimate of drug-likeness (QED) is 0.0210. The third-order valence-corrected chi connectivity index (χ3v) is 8.45. The summed E-state index contributed by atoms with van der Waals surface area (Å²) in [5, 5.41) is 0. The number of rotatable bonds is 36. The minimum Gasteiger partial charge on any atom is -0.462 e. The van der Waals surface area contributed by atoms with Crippen molar-refractivity contribution in [2.75, 3.05) is 13.2 Å². The van der Waals surface area contributed by atoms with Crippen molar-refractivity contribution in [1.82, 2.24) is 0 Å². The van der Waals surface area contributed by atoms with Crippen LogP contribution in [0.1, 0.15) is 181 Å². The molecule has 296 valence electrons. The number of esters is 3. The summed E-state index contributed by atoms with van der Waals surface area (Å²) >= 11 is 0. The average Bonchev–Trinajstić information content (AvgIpc) is 3.14. The lowest BCUT2D eigenvalue weighted by Crippen LogP contribution is -2.30. The van der Waals surface area contributed by atoms with Crippen molar-refractivity contribution in [3.63, 3.8) is 0 Å². The summed E-state index contributed by atoms with van der Waals surface area (Å²) in [6.45, 7) is 6.26. The molecule has 0 saturated heterocycles. The Labute approximate surface area is 319 Å². The van der Waals surface area contributed by atoms with Gasteiger partial charge in [-0.2, -0.15) is 0 Å². The molecular formula is C46H76O6. The lowest BCUT2D eigenvalue weighted by atomic mass is 10.1. The first-order valence-corrected chi connectivity index (χ1v) is 21.0. The van der Waals surface area contributed by atoms with Gasteiger partial charge in [0, 0.05) is 19.3 Å². The number of hydrogen-bond acceptors (Lipinski definition) is 6. The summed E-state index contributed by atoms with van der Waals surface area (Å²) in [6, 6.07) is 0. The van der Waals surface area contributed by atoms with Gasteiger partial charge in [0.15, 0.2) is 6.10 Å². The molecule has 0 N–H and O–H groups in total. The number of unbranched alkanes of at least 4 members (excludes halogenated alkanes) is 14. The van der Waals surface area contributed by atoms with Crippen molar-refractivity contribution in [2.45, 2.75) is 187 Å². The van der Waals surface area contributed by atoms with Crippen LogP contribution in [0.4, 0.5) is 0 Å². The minimum absolute atomic E-state index is 0.114. The Morgan fingerprint density at radius 3 is 1.31 bits per heavy atom. The van der Waals surface area contributed by atoms with E-state index in [9.17, 15) is 14.4 Å². The van der Waals surface area contributed by atoms with Gasteiger partial charge in [0.2, 0.25) is 0 Å². The molecule has 0 aliphatic heterocycles. The molecule has 0 aliphatic rings. The average molecular weight is 725 g/mol. The molecule has 0 aromatic carbocycles. The number of allylic oxidation sites excluding steroid dienone is 12. The Balaban J connectivity index is 4.44. The summed E-state index contributed by atoms with van der Waals surface area (Å²) in [6.07, 6.45) is 49.1. The zero-order valence-electron chi connectivity index (χ0n) is 33.5. The van der Waals surface area contributed by atoms with E-state index in [1.807, 2.05) is 0 Å². The van der Waals surface area contributed by atoms with E-state index in [-0.39, 0.29) is 37.5 Å². The Bertz CT molecular complexity index is 1020. The fraction of sp³-hybridized carbons (Fsp3) is 0.674. The Morgan fingerprint density at radius 2 is 0.808 bits per heavy atom. The maximum absolute atomic E-state index is 12.6. The molecule has 0 bridgehead atoms. The molecule has 0 rings (SSSR count). The monoisotopic (exact) mass is 725 g/mol. The van der Waals surface area contributed by atoms with Crippen molar-refractivity contribution in [3.05, 3.63) is 72.9 Å². The number of carbonyl (C=O) groups excluding carboxylic acids is 3. The van der Waals surface area contributed by atoms with Crippen LogP contribution in [0, 0.1) is 0 Å². The van der Waals surface area contributed by atoms with E-state index >= 15 is 0 Å². The first kappa shape index (κ1) is 48.9. The molecule has 0 fully saturated rings. The fourth-order valence-corrected chi connectivity index (χ4v) is 5.33. The van der Waals surface area contributed by atoms with Crippen LogP contribution >= 0.6 is 0 Å². The SMILES string of the molecule is CC/C=C\C/C=C\CCCCC(=O)OCC(COC(=O)CCCCC/C=C\C=C/CCCCCCCCC)OC(=O)CCCC/C=C\C/C=C\CC. The van der Waals surface area contributed by atoms with E-state index in [2.05, 4.69) is 93.7 Å². The van der Waals surface area contributed by atoms with Gasteiger partial charge in [-0.25, -0.2) is 0 Å². The summed E-state index contributed by atoms with van der Waals surface area (Å²) in [5.41, 5.74) is 0. The molecule has 0 amide bonds. The van der Waals surface area contributed by atoms with Gasteiger partial charge in [-0.15, -0.1) is 0 Å². The van der Waals surface area contributed by atoms with Crippen molar-refractivity contribution in [2.24, 2.45) is 0 Å². The van der Waals surface area contributed by atoms with Gasteiger partial charge in [-0.3, -0.25) is 14.4 Å². The maximum atomic E-state index is 12.6. The summed E-state index contributed by atoms with van der Waals surface area (Å²) in [7, 11) is 0. The highest BCUT2D eigenvalue weighted by Crippen LogP contribution is 2.11. The molecule has 0 aliphatic carbocycles. The standard InChI is InChI=1S/C46H76O6/c1-4-7-10-13-16-19-20-21-22-23-24-25-28-30-33-36-39-45(48)51-42-43(52-46(49)40-37-34-31-27-18-15-12-9-6-3)41-50-44(47)38-35-32-29-26-17-14-11-8-5-2/h8-9,11-12,17-18,22-27,43H,4-7,10,13-16,19-21,28-42H2,1-3H3/b11-8-,12-9-,23-22-,25-24-,26-17-,27-18-. The van der Waals surface area contributed by atoms with Crippen LogP contribution in [0.3, 0.4) is 0 Å². The zero-order valence-corrected chi connectivity index (χ0v) is 33.5. The van der Waals surface area contributed by atoms with Gasteiger partial charge < -0.3 is 14.2 Å². The van der Waals surface area contributed by atoms with Gasteiger partial charge in [-0.1, -0.05) is 139 Å². The molecule has 0 radical (unpaired) electrons. The first-order valence-electron chi connectivity index (χ1n) is 21.0. The molecule has 52 heavy (non-hydrogen) atoms. The zero-order chi connectivity index (χ0) is 38.0. The first-order chi connectivity index (χ1) is 25.5. The van der Waals surface area contributed by atoms with Gasteiger partial charge in [0.1, 0.15) is 13.2 Å². The molecule has 0 saturated carbocycles. The number of ether oxygens (including phenoxy) is 3. The predicted molar refractivity (Wildman–Crippen MR) is 219 cm³/mol. The largest absolute Gasteiger partial charge is 0.462 e. The van der Waals surface area contributed by atoms with Gasteiger partial charge in [0.05, 0.1) is 0 Å². The third kappa shape index (κ3) is 38.1. The molecule has 6 nitrogen and oxygen atoms in total. The minimum atomic E-state index is -0.811. The van der Waals surface area contributed by atoms with Crippen molar-refractivity contribution < 1.29 is 28.6 Å². The van der Waals surface area contributed by atoms with Crippen LogP contribution in [-0.4, -0.2) is 37.2 Å². The maximum Gasteiger partial charge on any atom is 0.306 e. The van der Waals surface area contributed by atoms with Crippen LogP contribution in [0.25, 0.3) is 0 Å². The number of hydrogen-bond donors (Lipinski definition) is 0. The summed E-state index contributed by atoms with van der Waals surface area (Å²) < 4.78 is 16.5. The third-order valence-electron chi connectivity index (χ3n) is 8.45. The molecule has 1 unspecified atom stereocenters. The van der Waals surface area contributed by atoms with Gasteiger partial charge in [-0.05, 0) is 96.3 Å². The lowest BCUT2D eigenvalue weighted by molar-refractivity contribution is -0.167. The molecule has 0 spiro atoms. The van der Waals surface area contributed by atoms with E-state index in [1.54, 1.807) is 0 Å². The van der Waals surface area contributed by atoms with Crippen LogP contribution in [0.15, 0.2) is 72.9 Å². The van der Waals surface area contributed by atoms with Crippen LogP contribution in [0.2, 0.25) is 0 Å². The summed E-state index contributed by atoms with van der Waals surface area (Å²) in [4.78, 5) is 37.4. The fourth-order valence-electron chi connectivity index (χ4n) is 5.33.